The van der Waals surface area contributed by atoms with Crippen molar-refractivity contribution in [1.82, 2.24) is 14.5 Å². The minimum absolute atomic E-state index is 0.187. The Morgan fingerprint density at radius 3 is 2.77 bits per heavy atom. The maximum absolute atomic E-state index is 13.6. The Hall–Kier alpha value is -2.10. The Bertz CT molecular complexity index is 1010. The lowest BCUT2D eigenvalue weighted by Crippen LogP contribution is -2.27. The molecule has 1 N–H and O–H groups in total. The topological polar surface area (TPSA) is 64.0 Å². The first kappa shape index (κ1) is 18.7. The van der Waals surface area contributed by atoms with Gasteiger partial charge in [-0.15, -0.1) is 11.3 Å². The van der Waals surface area contributed by atoms with Gasteiger partial charge in [0.25, 0.3) is 0 Å². The third kappa shape index (κ3) is 4.75. The molecule has 5 nitrogen and oxygen atoms in total. The second-order valence-corrected chi connectivity index (χ2v) is 8.78. The fraction of sp³-hybridized carbons (Fsp3) is 0.235. The van der Waals surface area contributed by atoms with Crippen LogP contribution in [-0.4, -0.2) is 24.7 Å². The molecule has 0 spiro atoms. The summed E-state index contributed by atoms with van der Waals surface area (Å²) in [5.74, 6) is -2.00. The van der Waals surface area contributed by atoms with Gasteiger partial charge in [0.15, 0.2) is 0 Å². The fourth-order valence-corrected chi connectivity index (χ4v) is 4.58. The highest BCUT2D eigenvalue weighted by Crippen LogP contribution is 2.27. The van der Waals surface area contributed by atoms with E-state index in [9.17, 15) is 17.2 Å². The molecule has 9 heteroatoms. The zero-order valence-corrected chi connectivity index (χ0v) is 15.6. The average Bonchev–Trinajstić information content (AvgIpc) is 3.19. The van der Waals surface area contributed by atoms with Crippen molar-refractivity contribution in [2.45, 2.75) is 12.2 Å². The minimum atomic E-state index is -3.75. The number of hydrogen-bond donors (Lipinski definition) is 1. The molecule has 0 amide bonds. The van der Waals surface area contributed by atoms with Crippen LogP contribution in [0.25, 0.3) is 10.4 Å². The second-order valence-electron chi connectivity index (χ2n) is 5.81. The number of thiophene rings is 1. The van der Waals surface area contributed by atoms with Crippen molar-refractivity contribution < 1.29 is 17.2 Å². The summed E-state index contributed by atoms with van der Waals surface area (Å²) in [7, 11) is -1.91. The Labute approximate surface area is 154 Å². The number of aromatic nitrogens is 2. The van der Waals surface area contributed by atoms with Crippen LogP contribution >= 0.6 is 11.3 Å². The van der Waals surface area contributed by atoms with Crippen molar-refractivity contribution in [3.63, 3.8) is 0 Å². The van der Waals surface area contributed by atoms with Gasteiger partial charge < -0.3 is 0 Å². The highest BCUT2D eigenvalue weighted by Gasteiger charge is 2.15. The zero-order chi connectivity index (χ0) is 18.7. The van der Waals surface area contributed by atoms with E-state index >= 15 is 0 Å². The van der Waals surface area contributed by atoms with Crippen molar-refractivity contribution in [2.75, 3.05) is 6.54 Å². The molecule has 0 fully saturated rings. The molecular formula is C17H17F2N3O2S2. The van der Waals surface area contributed by atoms with Crippen molar-refractivity contribution in [2.24, 2.45) is 7.05 Å². The van der Waals surface area contributed by atoms with E-state index in [1.54, 1.807) is 22.2 Å². The number of sulfonamides is 1. The molecule has 2 aromatic heterocycles. The maximum Gasteiger partial charge on any atom is 0.215 e. The van der Waals surface area contributed by atoms with Crippen molar-refractivity contribution in [3.05, 3.63) is 64.8 Å². The smallest absolute Gasteiger partial charge is 0.215 e. The Balaban J connectivity index is 1.57. The predicted molar refractivity (Wildman–Crippen MR) is 97.2 cm³/mol. The van der Waals surface area contributed by atoms with E-state index in [4.69, 9.17) is 0 Å². The molecule has 1 aromatic carbocycles. The van der Waals surface area contributed by atoms with Gasteiger partial charge in [-0.1, -0.05) is 0 Å². The quantitative estimate of drug-likeness (QED) is 0.666. The molecule has 0 aliphatic heterocycles. The molecule has 2 heterocycles. The van der Waals surface area contributed by atoms with E-state index in [2.05, 4.69) is 9.82 Å². The molecule has 26 heavy (non-hydrogen) atoms. The Morgan fingerprint density at radius 1 is 1.23 bits per heavy atom. The molecule has 3 rings (SSSR count). The van der Waals surface area contributed by atoms with Crippen LogP contribution in [0.4, 0.5) is 8.78 Å². The van der Waals surface area contributed by atoms with Crippen LogP contribution in [0.5, 0.6) is 0 Å². The summed E-state index contributed by atoms with van der Waals surface area (Å²) in [5.41, 5.74) is 0.818. The fourth-order valence-electron chi connectivity index (χ4n) is 2.46. The van der Waals surface area contributed by atoms with Gasteiger partial charge in [0.05, 0.1) is 11.9 Å². The summed E-state index contributed by atoms with van der Waals surface area (Å²) in [6, 6.07) is 6.68. The molecule has 138 valence electrons. The largest absolute Gasteiger partial charge is 0.275 e. The van der Waals surface area contributed by atoms with Crippen molar-refractivity contribution in [3.8, 4) is 10.4 Å². The summed E-state index contributed by atoms with van der Waals surface area (Å²) in [4.78, 5) is 2.07. The number of rotatable bonds is 7. The van der Waals surface area contributed by atoms with E-state index in [1.165, 1.54) is 0 Å². The molecule has 0 bridgehead atoms. The lowest BCUT2D eigenvalue weighted by molar-refractivity contribution is 0.570. The molecule has 0 unspecified atom stereocenters. The second kappa shape index (κ2) is 7.65. The maximum atomic E-state index is 13.6. The highest BCUT2D eigenvalue weighted by molar-refractivity contribution is 7.88. The van der Waals surface area contributed by atoms with E-state index in [0.717, 1.165) is 33.5 Å². The number of hydrogen-bond acceptors (Lipinski definition) is 4. The van der Waals surface area contributed by atoms with Gasteiger partial charge >= 0.3 is 0 Å². The Morgan fingerprint density at radius 2 is 2.04 bits per heavy atom. The van der Waals surface area contributed by atoms with E-state index in [1.807, 2.05) is 25.4 Å². The lowest BCUT2D eigenvalue weighted by atomic mass is 10.2. The van der Waals surface area contributed by atoms with Gasteiger partial charge in [0.1, 0.15) is 11.6 Å². The van der Waals surface area contributed by atoms with Gasteiger partial charge in [0, 0.05) is 40.7 Å². The van der Waals surface area contributed by atoms with Crippen LogP contribution < -0.4 is 4.72 Å². The summed E-state index contributed by atoms with van der Waals surface area (Å²) in [6.45, 7) is 0.187. The summed E-state index contributed by atoms with van der Waals surface area (Å²) in [6.07, 6.45) is 4.19. The first-order valence-electron chi connectivity index (χ1n) is 7.81. The molecule has 0 radical (unpaired) electrons. The number of halogens is 2. The summed E-state index contributed by atoms with van der Waals surface area (Å²) >= 11 is 1.56. The predicted octanol–water partition coefficient (Wildman–Crippen LogP) is 3.09. The number of nitrogens with zero attached hydrogens (tertiary/aromatic N) is 2. The lowest BCUT2D eigenvalue weighted by Gasteiger charge is -2.07. The van der Waals surface area contributed by atoms with Crippen molar-refractivity contribution >= 4 is 21.4 Å². The number of nitrogens with one attached hydrogen (secondary N) is 1. The van der Waals surface area contributed by atoms with Crippen LogP contribution in [0.1, 0.15) is 10.4 Å². The van der Waals surface area contributed by atoms with Crippen LogP contribution in [-0.2, 0) is 29.2 Å². The minimum Gasteiger partial charge on any atom is -0.275 e. The molecule has 0 saturated heterocycles. The summed E-state index contributed by atoms with van der Waals surface area (Å²) < 4.78 is 55.0. The zero-order valence-electron chi connectivity index (χ0n) is 13.9. The molecule has 0 atom stereocenters. The standard InChI is InChI=1S/C17H17F2N3O2S2/c1-22-10-13(9-20-22)17-5-3-15(25-17)6-7-21-26(23,24)11-12-8-14(18)2-4-16(12)19/h2-5,8-10,21H,6-7,11H2,1H3. The van der Waals surface area contributed by atoms with Gasteiger partial charge in [0.2, 0.25) is 10.0 Å². The molecular weight excluding hydrogens is 380 g/mol. The number of benzene rings is 1. The monoisotopic (exact) mass is 397 g/mol. The van der Waals surface area contributed by atoms with Crippen LogP contribution in [0.2, 0.25) is 0 Å². The molecule has 3 aromatic rings. The Kier molecular flexibility index (Phi) is 5.49. The highest BCUT2D eigenvalue weighted by atomic mass is 32.2. The number of aryl methyl sites for hydroxylation is 1. The average molecular weight is 397 g/mol. The molecule has 0 saturated carbocycles. The third-order valence-electron chi connectivity index (χ3n) is 3.70. The van der Waals surface area contributed by atoms with E-state index < -0.39 is 27.4 Å². The first-order chi connectivity index (χ1) is 12.3. The van der Waals surface area contributed by atoms with Crippen LogP contribution in [0.3, 0.4) is 0 Å². The molecule has 0 aliphatic rings. The van der Waals surface area contributed by atoms with Gasteiger partial charge in [-0.25, -0.2) is 21.9 Å². The SMILES string of the molecule is Cn1cc(-c2ccc(CCNS(=O)(=O)Cc3cc(F)ccc3F)s2)cn1. The van der Waals surface area contributed by atoms with Gasteiger partial charge in [-0.3, -0.25) is 4.68 Å². The first-order valence-corrected chi connectivity index (χ1v) is 10.3. The van der Waals surface area contributed by atoms with Gasteiger partial charge in [-0.2, -0.15) is 5.10 Å². The van der Waals surface area contributed by atoms with E-state index in [0.29, 0.717) is 6.42 Å². The van der Waals surface area contributed by atoms with E-state index in [-0.39, 0.29) is 12.1 Å². The van der Waals surface area contributed by atoms with Crippen LogP contribution in [0.15, 0.2) is 42.7 Å². The van der Waals surface area contributed by atoms with Crippen LogP contribution in [0, 0.1) is 11.6 Å². The summed E-state index contributed by atoms with van der Waals surface area (Å²) in [5, 5.41) is 4.12. The van der Waals surface area contributed by atoms with Crippen molar-refractivity contribution in [1.29, 1.82) is 0 Å². The third-order valence-corrected chi connectivity index (χ3v) is 6.23. The normalized spacial score (nSPS) is 11.8. The van der Waals surface area contributed by atoms with Gasteiger partial charge in [-0.05, 0) is 36.8 Å². The molecule has 0 aliphatic carbocycles.